The van der Waals surface area contributed by atoms with Crippen LogP contribution in [0.1, 0.15) is 26.3 Å². The van der Waals surface area contributed by atoms with Crippen LogP contribution >= 0.6 is 0 Å². The molecule has 2 N–H and O–H groups in total. The fourth-order valence-corrected chi connectivity index (χ4v) is 2.27. The van der Waals surface area contributed by atoms with Crippen LogP contribution < -0.4 is 10.7 Å². The number of carbonyl (C=O) groups is 2. The van der Waals surface area contributed by atoms with Gasteiger partial charge in [-0.1, -0.05) is 48.5 Å². The summed E-state index contributed by atoms with van der Waals surface area (Å²) in [4.78, 5) is 24.2. The lowest BCUT2D eigenvalue weighted by Crippen LogP contribution is -2.17. The molecule has 0 heterocycles. The predicted octanol–water partition coefficient (Wildman–Crippen LogP) is 3.70. The van der Waals surface area contributed by atoms with Gasteiger partial charge in [0.15, 0.2) is 0 Å². The Morgan fingerprint density at radius 1 is 0.692 bits per heavy atom. The standard InChI is InChI=1S/C21H17N3O2/c25-20(17-9-5-2-6-10-17)23-19-13-11-18(12-14-19)21(26)24-22-15-16-7-3-1-4-8-16/h1-15H,(H,23,25)(H,24,26). The van der Waals surface area contributed by atoms with E-state index < -0.39 is 0 Å². The minimum Gasteiger partial charge on any atom is -0.322 e. The van der Waals surface area contributed by atoms with E-state index in [1.54, 1.807) is 54.7 Å². The van der Waals surface area contributed by atoms with E-state index in [1.165, 1.54) is 0 Å². The van der Waals surface area contributed by atoms with Crippen molar-refractivity contribution in [3.63, 3.8) is 0 Å². The number of benzene rings is 3. The second kappa shape index (κ2) is 8.39. The Bertz CT molecular complexity index is 905. The van der Waals surface area contributed by atoms with E-state index in [0.29, 0.717) is 16.8 Å². The lowest BCUT2D eigenvalue weighted by Gasteiger charge is -2.06. The van der Waals surface area contributed by atoms with Crippen molar-refractivity contribution in [1.82, 2.24) is 5.43 Å². The van der Waals surface area contributed by atoms with Crippen molar-refractivity contribution in [3.8, 4) is 0 Å². The minimum atomic E-state index is -0.321. The molecule has 0 unspecified atom stereocenters. The summed E-state index contributed by atoms with van der Waals surface area (Å²) in [6.07, 6.45) is 1.58. The van der Waals surface area contributed by atoms with Crippen LogP contribution in [-0.4, -0.2) is 18.0 Å². The van der Waals surface area contributed by atoms with E-state index in [4.69, 9.17) is 0 Å². The summed E-state index contributed by atoms with van der Waals surface area (Å²) in [5, 5.41) is 6.72. The average molecular weight is 343 g/mol. The maximum atomic E-state index is 12.1. The molecule has 0 aliphatic heterocycles. The van der Waals surface area contributed by atoms with E-state index in [0.717, 1.165) is 5.56 Å². The lowest BCUT2D eigenvalue weighted by atomic mass is 10.1. The molecule has 0 saturated heterocycles. The van der Waals surface area contributed by atoms with Gasteiger partial charge < -0.3 is 5.32 Å². The molecule has 0 spiro atoms. The first-order chi connectivity index (χ1) is 12.7. The summed E-state index contributed by atoms with van der Waals surface area (Å²) in [6.45, 7) is 0. The zero-order valence-corrected chi connectivity index (χ0v) is 13.9. The first kappa shape index (κ1) is 17.1. The highest BCUT2D eigenvalue weighted by molar-refractivity contribution is 6.04. The van der Waals surface area contributed by atoms with Crippen LogP contribution in [0.2, 0.25) is 0 Å². The highest BCUT2D eigenvalue weighted by atomic mass is 16.2. The molecule has 0 radical (unpaired) electrons. The number of carbonyl (C=O) groups excluding carboxylic acids is 2. The molecule has 128 valence electrons. The molecule has 0 aromatic heterocycles. The molecule has 5 nitrogen and oxygen atoms in total. The van der Waals surface area contributed by atoms with Gasteiger partial charge in [0.1, 0.15) is 0 Å². The molecule has 3 rings (SSSR count). The molecular weight excluding hydrogens is 326 g/mol. The van der Waals surface area contributed by atoms with Crippen molar-refractivity contribution in [2.24, 2.45) is 5.10 Å². The zero-order valence-electron chi connectivity index (χ0n) is 13.9. The number of hydrogen-bond acceptors (Lipinski definition) is 3. The molecule has 0 aliphatic carbocycles. The summed E-state index contributed by atoms with van der Waals surface area (Å²) in [7, 11) is 0. The number of amides is 2. The molecule has 0 bridgehead atoms. The first-order valence-corrected chi connectivity index (χ1v) is 8.07. The van der Waals surface area contributed by atoms with Gasteiger partial charge in [0.25, 0.3) is 11.8 Å². The molecule has 26 heavy (non-hydrogen) atoms. The second-order valence-corrected chi connectivity index (χ2v) is 5.51. The van der Waals surface area contributed by atoms with Gasteiger partial charge in [-0.2, -0.15) is 5.10 Å². The Morgan fingerprint density at radius 2 is 1.27 bits per heavy atom. The monoisotopic (exact) mass is 343 g/mol. The smallest absolute Gasteiger partial charge is 0.271 e. The molecule has 2 amide bonds. The molecule has 3 aromatic rings. The summed E-state index contributed by atoms with van der Waals surface area (Å²) >= 11 is 0. The van der Waals surface area contributed by atoms with Crippen LogP contribution in [0.4, 0.5) is 5.69 Å². The Morgan fingerprint density at radius 3 is 1.92 bits per heavy atom. The summed E-state index contributed by atoms with van der Waals surface area (Å²) < 4.78 is 0. The fraction of sp³-hybridized carbons (Fsp3) is 0. The topological polar surface area (TPSA) is 70.6 Å². The molecular formula is C21H17N3O2. The van der Waals surface area contributed by atoms with E-state index in [-0.39, 0.29) is 11.8 Å². The van der Waals surface area contributed by atoms with Crippen molar-refractivity contribution >= 4 is 23.7 Å². The van der Waals surface area contributed by atoms with Gasteiger partial charge >= 0.3 is 0 Å². The van der Waals surface area contributed by atoms with E-state index in [2.05, 4.69) is 15.8 Å². The number of nitrogens with one attached hydrogen (secondary N) is 2. The van der Waals surface area contributed by atoms with E-state index in [1.807, 2.05) is 36.4 Å². The highest BCUT2D eigenvalue weighted by Gasteiger charge is 2.07. The maximum Gasteiger partial charge on any atom is 0.271 e. The summed E-state index contributed by atoms with van der Waals surface area (Å²) in [5.74, 6) is -0.520. The average Bonchev–Trinajstić information content (AvgIpc) is 2.70. The van der Waals surface area contributed by atoms with Crippen LogP contribution in [0.3, 0.4) is 0 Å². The third kappa shape index (κ3) is 4.64. The van der Waals surface area contributed by atoms with Gasteiger partial charge in [0.05, 0.1) is 6.21 Å². The van der Waals surface area contributed by atoms with Gasteiger partial charge in [0, 0.05) is 16.8 Å². The Hall–Kier alpha value is -3.73. The van der Waals surface area contributed by atoms with Crippen LogP contribution in [0.15, 0.2) is 90.0 Å². The van der Waals surface area contributed by atoms with Gasteiger partial charge in [-0.3, -0.25) is 9.59 Å². The molecule has 3 aromatic carbocycles. The highest BCUT2D eigenvalue weighted by Crippen LogP contribution is 2.11. The fourth-order valence-electron chi connectivity index (χ4n) is 2.27. The van der Waals surface area contributed by atoms with Gasteiger partial charge in [-0.05, 0) is 42.0 Å². The SMILES string of the molecule is O=C(NN=Cc1ccccc1)c1ccc(NC(=O)c2ccccc2)cc1. The normalized spacial score (nSPS) is 10.5. The number of nitrogens with zero attached hydrogens (tertiary/aromatic N) is 1. The predicted molar refractivity (Wildman–Crippen MR) is 102 cm³/mol. The quantitative estimate of drug-likeness (QED) is 0.548. The van der Waals surface area contributed by atoms with Crippen molar-refractivity contribution in [1.29, 1.82) is 0 Å². The van der Waals surface area contributed by atoms with Crippen molar-refractivity contribution in [2.45, 2.75) is 0 Å². The lowest BCUT2D eigenvalue weighted by molar-refractivity contribution is 0.0954. The van der Waals surface area contributed by atoms with Gasteiger partial charge in [-0.25, -0.2) is 5.43 Å². The van der Waals surface area contributed by atoms with Crippen molar-refractivity contribution in [3.05, 3.63) is 102 Å². The maximum absolute atomic E-state index is 12.1. The molecule has 5 heteroatoms. The van der Waals surface area contributed by atoms with Crippen molar-refractivity contribution < 1.29 is 9.59 Å². The van der Waals surface area contributed by atoms with Crippen LogP contribution in [0.5, 0.6) is 0 Å². The summed E-state index contributed by atoms with van der Waals surface area (Å²) in [6, 6.07) is 25.0. The van der Waals surface area contributed by atoms with E-state index >= 15 is 0 Å². The van der Waals surface area contributed by atoms with Crippen molar-refractivity contribution in [2.75, 3.05) is 5.32 Å². The Kier molecular flexibility index (Phi) is 5.52. The van der Waals surface area contributed by atoms with Gasteiger partial charge in [0.2, 0.25) is 0 Å². The molecule has 0 fully saturated rings. The second-order valence-electron chi connectivity index (χ2n) is 5.51. The van der Waals surface area contributed by atoms with Crippen LogP contribution in [0.25, 0.3) is 0 Å². The Labute approximate surface area is 151 Å². The molecule has 0 aliphatic rings. The number of hydrazone groups is 1. The largest absolute Gasteiger partial charge is 0.322 e. The third-order valence-electron chi connectivity index (χ3n) is 3.62. The molecule has 0 atom stereocenters. The van der Waals surface area contributed by atoms with E-state index in [9.17, 15) is 9.59 Å². The van der Waals surface area contributed by atoms with Gasteiger partial charge in [-0.15, -0.1) is 0 Å². The number of anilines is 1. The third-order valence-corrected chi connectivity index (χ3v) is 3.62. The number of rotatable bonds is 5. The first-order valence-electron chi connectivity index (χ1n) is 8.07. The van der Waals surface area contributed by atoms with Crippen LogP contribution in [0, 0.1) is 0 Å². The minimum absolute atomic E-state index is 0.199. The van der Waals surface area contributed by atoms with Crippen LogP contribution in [-0.2, 0) is 0 Å². The zero-order chi connectivity index (χ0) is 18.2. The Balaban J connectivity index is 1.57. The summed E-state index contributed by atoms with van der Waals surface area (Å²) in [5.41, 5.74) is 5.01. The number of hydrogen-bond donors (Lipinski definition) is 2. The molecule has 0 saturated carbocycles.